The Bertz CT molecular complexity index is 573. The molecule has 0 radical (unpaired) electrons. The summed E-state index contributed by atoms with van der Waals surface area (Å²) < 4.78 is 36.1. The first-order valence-corrected chi connectivity index (χ1v) is 7.73. The Hall–Kier alpha value is -1.15. The van der Waals surface area contributed by atoms with Gasteiger partial charge in [0.15, 0.2) is 0 Å². The zero-order valence-electron chi connectivity index (χ0n) is 11.2. The van der Waals surface area contributed by atoms with Crippen molar-refractivity contribution < 1.29 is 22.7 Å². The number of ether oxygens (including phenoxy) is 2. The van der Waals surface area contributed by atoms with Gasteiger partial charge in [-0.05, 0) is 25.1 Å². The number of hydrogen-bond acceptors (Lipinski definition) is 5. The van der Waals surface area contributed by atoms with E-state index in [9.17, 15) is 13.2 Å². The molecule has 0 spiro atoms. The Morgan fingerprint density at radius 1 is 1.40 bits per heavy atom. The third kappa shape index (κ3) is 4.45. The predicted octanol–water partition coefficient (Wildman–Crippen LogP) is 1.44. The van der Waals surface area contributed by atoms with Crippen LogP contribution in [-0.4, -0.2) is 41.3 Å². The lowest BCUT2D eigenvalue weighted by Gasteiger charge is -2.09. The topological polar surface area (TPSA) is 81.7 Å². The fourth-order valence-electron chi connectivity index (χ4n) is 1.42. The van der Waals surface area contributed by atoms with Crippen LogP contribution >= 0.6 is 11.6 Å². The Kier molecular flexibility index (Phi) is 6.41. The van der Waals surface area contributed by atoms with Gasteiger partial charge in [0.25, 0.3) is 0 Å². The molecule has 0 amide bonds. The number of rotatable bonds is 7. The number of hydrogen-bond donors (Lipinski definition) is 1. The van der Waals surface area contributed by atoms with Crippen molar-refractivity contribution in [1.29, 1.82) is 0 Å². The SMILES string of the molecule is CCOCCNS(=O)(=O)c1cc(C(=O)OC)ccc1Cl. The van der Waals surface area contributed by atoms with Gasteiger partial charge in [-0.15, -0.1) is 0 Å². The van der Waals surface area contributed by atoms with Gasteiger partial charge in [0.1, 0.15) is 4.90 Å². The number of sulfonamides is 1. The highest BCUT2D eigenvalue weighted by Gasteiger charge is 2.20. The van der Waals surface area contributed by atoms with Crippen molar-refractivity contribution in [3.63, 3.8) is 0 Å². The van der Waals surface area contributed by atoms with Crippen molar-refractivity contribution in [2.24, 2.45) is 0 Å². The second-order valence-corrected chi connectivity index (χ2v) is 5.87. The molecule has 112 valence electrons. The fraction of sp³-hybridized carbons (Fsp3) is 0.417. The first-order valence-electron chi connectivity index (χ1n) is 5.87. The van der Waals surface area contributed by atoms with Gasteiger partial charge in [0.2, 0.25) is 10.0 Å². The summed E-state index contributed by atoms with van der Waals surface area (Å²) >= 11 is 5.87. The maximum Gasteiger partial charge on any atom is 0.337 e. The van der Waals surface area contributed by atoms with E-state index in [2.05, 4.69) is 9.46 Å². The lowest BCUT2D eigenvalue weighted by molar-refractivity contribution is 0.0600. The third-order valence-corrected chi connectivity index (χ3v) is 4.33. The van der Waals surface area contributed by atoms with Crippen LogP contribution in [0.25, 0.3) is 0 Å². The largest absolute Gasteiger partial charge is 0.465 e. The van der Waals surface area contributed by atoms with Crippen molar-refractivity contribution >= 4 is 27.6 Å². The fourth-order valence-corrected chi connectivity index (χ4v) is 2.96. The Morgan fingerprint density at radius 3 is 2.70 bits per heavy atom. The van der Waals surface area contributed by atoms with Crippen molar-refractivity contribution in [3.05, 3.63) is 28.8 Å². The van der Waals surface area contributed by atoms with Crippen molar-refractivity contribution in [1.82, 2.24) is 4.72 Å². The molecule has 0 fully saturated rings. The van der Waals surface area contributed by atoms with Crippen LogP contribution in [0.2, 0.25) is 5.02 Å². The van der Waals surface area contributed by atoms with Crippen LogP contribution < -0.4 is 4.72 Å². The molecule has 20 heavy (non-hydrogen) atoms. The lowest BCUT2D eigenvalue weighted by atomic mass is 10.2. The van der Waals surface area contributed by atoms with E-state index in [-0.39, 0.29) is 28.6 Å². The molecule has 0 aliphatic carbocycles. The summed E-state index contributed by atoms with van der Waals surface area (Å²) in [4.78, 5) is 11.2. The number of benzene rings is 1. The van der Waals surface area contributed by atoms with E-state index in [1.807, 2.05) is 6.92 Å². The average molecular weight is 322 g/mol. The van der Waals surface area contributed by atoms with Crippen LogP contribution in [0.1, 0.15) is 17.3 Å². The van der Waals surface area contributed by atoms with Crippen LogP contribution in [0, 0.1) is 0 Å². The Balaban J connectivity index is 2.96. The maximum absolute atomic E-state index is 12.1. The average Bonchev–Trinajstić information content (AvgIpc) is 2.43. The number of methoxy groups -OCH3 is 1. The lowest BCUT2D eigenvalue weighted by Crippen LogP contribution is -2.28. The quantitative estimate of drug-likeness (QED) is 0.607. The summed E-state index contributed by atoms with van der Waals surface area (Å²) in [5, 5.41) is 0.0292. The van der Waals surface area contributed by atoms with Gasteiger partial charge in [-0.1, -0.05) is 11.6 Å². The molecule has 0 aliphatic rings. The van der Waals surface area contributed by atoms with Crippen molar-refractivity contribution in [2.45, 2.75) is 11.8 Å². The first kappa shape index (κ1) is 16.9. The highest BCUT2D eigenvalue weighted by atomic mass is 35.5. The van der Waals surface area contributed by atoms with Gasteiger partial charge < -0.3 is 9.47 Å². The normalized spacial score (nSPS) is 11.3. The molecule has 0 saturated carbocycles. The molecule has 0 aromatic heterocycles. The van der Waals surface area contributed by atoms with Gasteiger partial charge in [-0.25, -0.2) is 17.9 Å². The molecule has 6 nitrogen and oxygen atoms in total. The highest BCUT2D eigenvalue weighted by Crippen LogP contribution is 2.22. The van der Waals surface area contributed by atoms with Crippen LogP contribution in [0.15, 0.2) is 23.1 Å². The van der Waals surface area contributed by atoms with E-state index in [4.69, 9.17) is 16.3 Å². The maximum atomic E-state index is 12.1. The molecular weight excluding hydrogens is 306 g/mol. The summed E-state index contributed by atoms with van der Waals surface area (Å²) in [6, 6.07) is 3.91. The zero-order chi connectivity index (χ0) is 15.2. The molecule has 8 heteroatoms. The summed E-state index contributed by atoms with van der Waals surface area (Å²) in [7, 11) is -2.59. The Labute approximate surface area is 123 Å². The summed E-state index contributed by atoms with van der Waals surface area (Å²) in [6.07, 6.45) is 0. The second kappa shape index (κ2) is 7.58. The third-order valence-electron chi connectivity index (χ3n) is 2.38. The number of halogens is 1. The number of carbonyl (C=O) groups excluding carboxylic acids is 1. The number of esters is 1. The molecule has 0 atom stereocenters. The van der Waals surface area contributed by atoms with E-state index in [1.54, 1.807) is 0 Å². The van der Waals surface area contributed by atoms with Gasteiger partial charge in [0.05, 0.1) is 24.3 Å². The summed E-state index contributed by atoms with van der Waals surface area (Å²) in [6.45, 7) is 2.69. The number of nitrogens with one attached hydrogen (secondary N) is 1. The summed E-state index contributed by atoms with van der Waals surface area (Å²) in [5.74, 6) is -0.632. The highest BCUT2D eigenvalue weighted by molar-refractivity contribution is 7.89. The molecule has 0 aliphatic heterocycles. The van der Waals surface area contributed by atoms with Gasteiger partial charge >= 0.3 is 5.97 Å². The monoisotopic (exact) mass is 321 g/mol. The molecule has 1 rings (SSSR count). The molecule has 0 bridgehead atoms. The molecule has 1 aromatic carbocycles. The van der Waals surface area contributed by atoms with E-state index in [0.717, 1.165) is 0 Å². The second-order valence-electron chi connectivity index (χ2n) is 3.73. The van der Waals surface area contributed by atoms with Gasteiger partial charge in [-0.2, -0.15) is 0 Å². The smallest absolute Gasteiger partial charge is 0.337 e. The Morgan fingerprint density at radius 2 is 2.10 bits per heavy atom. The van der Waals surface area contributed by atoms with Crippen LogP contribution in [0.5, 0.6) is 0 Å². The molecule has 1 aromatic rings. The van der Waals surface area contributed by atoms with Crippen LogP contribution in [0.4, 0.5) is 0 Å². The van der Waals surface area contributed by atoms with Crippen LogP contribution in [0.3, 0.4) is 0 Å². The van der Waals surface area contributed by atoms with E-state index in [1.165, 1.54) is 25.3 Å². The first-order chi connectivity index (χ1) is 9.42. The van der Waals surface area contributed by atoms with Gasteiger partial charge in [-0.3, -0.25) is 0 Å². The molecule has 1 N–H and O–H groups in total. The minimum absolute atomic E-state index is 0.0292. The minimum Gasteiger partial charge on any atom is -0.465 e. The summed E-state index contributed by atoms with van der Waals surface area (Å²) in [5.41, 5.74) is 0.113. The standard InChI is InChI=1S/C12H16ClNO5S/c1-3-19-7-6-14-20(16,17)11-8-9(12(15)18-2)4-5-10(11)13/h4-5,8,14H,3,6-7H2,1-2H3. The zero-order valence-corrected chi connectivity index (χ0v) is 12.8. The number of carbonyl (C=O) groups is 1. The van der Waals surface area contributed by atoms with Crippen molar-refractivity contribution in [2.75, 3.05) is 26.9 Å². The molecule has 0 saturated heterocycles. The van der Waals surface area contributed by atoms with E-state index < -0.39 is 16.0 Å². The van der Waals surface area contributed by atoms with Crippen molar-refractivity contribution in [3.8, 4) is 0 Å². The van der Waals surface area contributed by atoms with E-state index >= 15 is 0 Å². The van der Waals surface area contributed by atoms with Gasteiger partial charge in [0, 0.05) is 13.2 Å². The molecule has 0 unspecified atom stereocenters. The van der Waals surface area contributed by atoms with Crippen LogP contribution in [-0.2, 0) is 19.5 Å². The molecular formula is C12H16ClNO5S. The van der Waals surface area contributed by atoms with E-state index in [0.29, 0.717) is 6.61 Å². The minimum atomic E-state index is -3.81. The molecule has 0 heterocycles. The predicted molar refractivity (Wildman–Crippen MR) is 74.5 cm³/mol.